The quantitative estimate of drug-likeness (QED) is 0.0676. The van der Waals surface area contributed by atoms with Crippen molar-refractivity contribution in [2.75, 3.05) is 20.7 Å². The average Bonchev–Trinajstić information content (AvgIpc) is 3.29. The Labute approximate surface area is 416 Å². The van der Waals surface area contributed by atoms with E-state index in [1.165, 1.54) is 21.1 Å². The predicted octanol–water partition coefficient (Wildman–Crippen LogP) is -0.278. The lowest BCUT2D eigenvalue weighted by Crippen LogP contribution is -2.66. The lowest BCUT2D eigenvalue weighted by atomic mass is 9.91. The maximum atomic E-state index is 15.0. The molecule has 24 heteroatoms. The van der Waals surface area contributed by atoms with Gasteiger partial charge in [0, 0.05) is 32.9 Å². The number of benzene rings is 1. The van der Waals surface area contributed by atoms with Crippen LogP contribution in [-0.2, 0) is 54.3 Å². The lowest BCUT2D eigenvalue weighted by molar-refractivity contribution is -0.168. The molecule has 390 valence electrons. The van der Waals surface area contributed by atoms with Gasteiger partial charge in [0.1, 0.15) is 60.4 Å². The molecule has 23 nitrogen and oxygen atoms in total. The zero-order chi connectivity index (χ0) is 52.6. The molecule has 0 radical (unpaired) electrons. The maximum absolute atomic E-state index is 15.0. The Hall–Kier alpha value is -6.04. The number of aliphatic hydroxyl groups is 1. The topological polar surface area (TPSA) is 340 Å². The summed E-state index contributed by atoms with van der Waals surface area (Å²) in [6.45, 7) is 9.67. The van der Waals surface area contributed by atoms with Crippen LogP contribution in [0.25, 0.3) is 0 Å². The maximum Gasteiger partial charge on any atom is 0.329 e. The molecule has 2 aliphatic rings. The van der Waals surface area contributed by atoms with Crippen molar-refractivity contribution in [2.45, 2.75) is 160 Å². The highest BCUT2D eigenvalue weighted by atomic mass is 79.9. The van der Waals surface area contributed by atoms with Gasteiger partial charge in [-0.1, -0.05) is 47.1 Å². The molecule has 0 saturated carbocycles. The molecular formula is C46H71BrN10O13. The van der Waals surface area contributed by atoms with Gasteiger partial charge < -0.3 is 67.7 Å². The fraction of sp³-hybridized carbons (Fsp3) is 0.652. The molecule has 1 aromatic carbocycles. The minimum Gasteiger partial charge on any atom is -0.496 e. The number of halogens is 1. The van der Waals surface area contributed by atoms with Gasteiger partial charge in [0.15, 0.2) is 0 Å². The molecule has 70 heavy (non-hydrogen) atoms. The standard InChI is InChI=1S/C46H71BrN10O13/c1-9-12-34(59)51-29(15-18-33(48)58)40(62)55-37-25(6)70-45(67)36(23(3)4)54-41(63)31(22-26-14-17-32(69-8)27(47)21-26)56(7)44(66)38(24(5)10-2)57-35(60)19-16-30(43(57)65)53-39(61)28(52-42(37)64)13-11-20-50-46(49)68/h14,17,21,23-25,28-31,35-38,60H,9-13,15-16,18-20,22H2,1-8H3,(H2,48,58)(H,51,59)(H,52,64)(H,53,61)(H,54,63)(H,55,62)(H3,49,50,68)/t24-,25+,28-,29-,30-,31-,35+,36?,37-,38-/m0/s1. The Morgan fingerprint density at radius 2 is 1.64 bits per heavy atom. The number of hydrogen-bond donors (Lipinski definition) is 9. The summed E-state index contributed by atoms with van der Waals surface area (Å²) in [4.78, 5) is 140. The number of piperidine rings is 1. The second-order valence-electron chi connectivity index (χ2n) is 18.1. The van der Waals surface area contributed by atoms with Crippen LogP contribution in [0.5, 0.6) is 5.75 Å². The molecule has 3 rings (SSSR count). The van der Waals surface area contributed by atoms with Crippen LogP contribution in [0.4, 0.5) is 4.79 Å². The van der Waals surface area contributed by atoms with E-state index in [4.69, 9.17) is 20.9 Å². The fourth-order valence-corrected chi connectivity index (χ4v) is 8.73. The number of primary amides is 2. The summed E-state index contributed by atoms with van der Waals surface area (Å²) in [5.74, 6) is -8.48. The van der Waals surface area contributed by atoms with E-state index < -0.39 is 126 Å². The first-order valence-corrected chi connectivity index (χ1v) is 24.4. The molecule has 0 aliphatic carbocycles. The highest BCUT2D eigenvalue weighted by molar-refractivity contribution is 9.10. The van der Waals surface area contributed by atoms with Crippen molar-refractivity contribution in [3.05, 3.63) is 28.2 Å². The third kappa shape index (κ3) is 16.3. The molecule has 10 amide bonds. The number of urea groups is 1. The molecule has 1 aromatic rings. The third-order valence-electron chi connectivity index (χ3n) is 12.4. The SMILES string of the molecule is CCCC(=O)N[C@@H](CCC(N)=O)C(=O)N[C@@H]1C(=O)N[C@@H](CCCNC(N)=O)C(=O)N[C@H]2CC[C@@H](O)N(C2=O)[C@@H]([C@@H](C)CC)C(=O)N(C)[C@@H](Cc2ccc(OC)c(Br)c2)C(=O)NC(C(C)C)C(=O)O[C@@H]1C. The summed E-state index contributed by atoms with van der Waals surface area (Å²) >= 11 is 3.46. The van der Waals surface area contributed by atoms with E-state index in [2.05, 4.69) is 47.8 Å². The van der Waals surface area contributed by atoms with Gasteiger partial charge in [-0.05, 0) is 90.9 Å². The first-order valence-electron chi connectivity index (χ1n) is 23.6. The van der Waals surface area contributed by atoms with Crippen LogP contribution < -0.4 is 48.1 Å². The Morgan fingerprint density at radius 3 is 2.23 bits per heavy atom. The minimum atomic E-state index is -1.82. The van der Waals surface area contributed by atoms with Crippen molar-refractivity contribution in [3.63, 3.8) is 0 Å². The molecule has 2 aliphatic heterocycles. The first kappa shape index (κ1) is 58.3. The second-order valence-corrected chi connectivity index (χ2v) is 18.9. The summed E-state index contributed by atoms with van der Waals surface area (Å²) in [6, 6.07) is -6.02. The highest BCUT2D eigenvalue weighted by Gasteiger charge is 2.47. The molecular weight excluding hydrogens is 980 g/mol. The van der Waals surface area contributed by atoms with Crippen molar-refractivity contribution >= 4 is 75.2 Å². The summed E-state index contributed by atoms with van der Waals surface area (Å²) in [7, 11) is 2.85. The zero-order valence-electron chi connectivity index (χ0n) is 41.1. The number of methoxy groups -OCH3 is 1. The van der Waals surface area contributed by atoms with Crippen LogP contribution in [-0.4, -0.2) is 149 Å². The number of nitrogens with one attached hydrogen (secondary N) is 6. The third-order valence-corrected chi connectivity index (χ3v) is 13.0. The Kier molecular flexibility index (Phi) is 22.8. The van der Waals surface area contributed by atoms with E-state index in [-0.39, 0.29) is 57.9 Å². The number of hydrogen-bond acceptors (Lipinski definition) is 13. The number of likely N-dealkylation sites (N-methyl/N-ethyl adjacent to an activating group) is 1. The number of amides is 10. The summed E-state index contributed by atoms with van der Waals surface area (Å²) < 4.78 is 11.8. The molecule has 2 bridgehead atoms. The van der Waals surface area contributed by atoms with Gasteiger partial charge in [-0.3, -0.25) is 38.4 Å². The number of nitrogens with two attached hydrogens (primary N) is 2. The predicted molar refractivity (Wildman–Crippen MR) is 256 cm³/mol. The Balaban J connectivity index is 2.27. The van der Waals surface area contributed by atoms with Crippen LogP contribution >= 0.6 is 15.9 Å². The molecule has 10 atom stereocenters. The van der Waals surface area contributed by atoms with Gasteiger partial charge in [-0.2, -0.15) is 0 Å². The number of fused-ring (bicyclic) bond motifs is 2. The number of rotatable bonds is 18. The number of nitrogens with zero attached hydrogens (tertiary/aromatic N) is 2. The number of carbonyl (C=O) groups is 10. The lowest BCUT2D eigenvalue weighted by Gasteiger charge is -2.44. The molecule has 0 aromatic heterocycles. The normalized spacial score (nSPS) is 24.9. The molecule has 2 heterocycles. The first-order chi connectivity index (χ1) is 32.9. The van der Waals surface area contributed by atoms with Gasteiger partial charge >= 0.3 is 12.0 Å². The van der Waals surface area contributed by atoms with Crippen molar-refractivity contribution in [1.29, 1.82) is 0 Å². The summed E-state index contributed by atoms with van der Waals surface area (Å²) in [6.07, 6.45) is -3.33. The van der Waals surface area contributed by atoms with Crippen LogP contribution in [0, 0.1) is 11.8 Å². The van der Waals surface area contributed by atoms with Crippen molar-refractivity contribution < 1.29 is 62.5 Å². The molecule has 1 unspecified atom stereocenters. The van der Waals surface area contributed by atoms with Gasteiger partial charge in [0.05, 0.1) is 11.6 Å². The second kappa shape index (κ2) is 27.4. The van der Waals surface area contributed by atoms with E-state index in [1.807, 2.05) is 0 Å². The van der Waals surface area contributed by atoms with Crippen LogP contribution in [0.3, 0.4) is 0 Å². The van der Waals surface area contributed by atoms with E-state index in [0.29, 0.717) is 28.6 Å². The van der Waals surface area contributed by atoms with Gasteiger partial charge in [-0.15, -0.1) is 0 Å². The van der Waals surface area contributed by atoms with Crippen LogP contribution in [0.2, 0.25) is 0 Å². The number of cyclic esters (lactones) is 1. The largest absolute Gasteiger partial charge is 0.496 e. The van der Waals surface area contributed by atoms with E-state index in [1.54, 1.807) is 52.8 Å². The average molecular weight is 1050 g/mol. The number of carbonyl (C=O) groups excluding carboxylic acids is 10. The monoisotopic (exact) mass is 1050 g/mol. The smallest absolute Gasteiger partial charge is 0.329 e. The Morgan fingerprint density at radius 1 is 0.957 bits per heavy atom. The highest BCUT2D eigenvalue weighted by Crippen LogP contribution is 2.29. The Bertz CT molecular complexity index is 2080. The van der Waals surface area contributed by atoms with E-state index >= 15 is 0 Å². The van der Waals surface area contributed by atoms with Crippen LogP contribution in [0.15, 0.2) is 22.7 Å². The molecule has 2 saturated heterocycles. The van der Waals surface area contributed by atoms with Gasteiger partial charge in [0.25, 0.3) is 0 Å². The summed E-state index contributed by atoms with van der Waals surface area (Å²) in [5.41, 5.74) is 11.2. The van der Waals surface area contributed by atoms with Gasteiger partial charge in [0.2, 0.25) is 47.3 Å². The molecule has 0 spiro atoms. The van der Waals surface area contributed by atoms with Crippen molar-refractivity contribution in [1.82, 2.24) is 41.7 Å². The number of aliphatic hydroxyl groups excluding tert-OH is 1. The van der Waals surface area contributed by atoms with Crippen LogP contribution in [0.1, 0.15) is 105 Å². The van der Waals surface area contributed by atoms with E-state index in [9.17, 15) is 53.1 Å². The molecule has 2 fully saturated rings. The fourth-order valence-electron chi connectivity index (χ4n) is 8.14. The van der Waals surface area contributed by atoms with E-state index in [0.717, 1.165) is 9.80 Å². The zero-order valence-corrected chi connectivity index (χ0v) is 42.7. The molecule has 11 N–H and O–H groups in total. The summed E-state index contributed by atoms with van der Waals surface area (Å²) in [5, 5.41) is 26.9. The van der Waals surface area contributed by atoms with Gasteiger partial charge in [-0.25, -0.2) is 9.59 Å². The van der Waals surface area contributed by atoms with Crippen molar-refractivity contribution in [3.8, 4) is 5.75 Å². The minimum absolute atomic E-state index is 0.0168. The number of esters is 1. The van der Waals surface area contributed by atoms with Crippen molar-refractivity contribution in [2.24, 2.45) is 23.3 Å². The number of ether oxygens (including phenoxy) is 2.